The van der Waals surface area contributed by atoms with Crippen molar-refractivity contribution in [2.45, 2.75) is 19.3 Å². The van der Waals surface area contributed by atoms with Crippen LogP contribution in [0.15, 0.2) is 188 Å². The third-order valence-corrected chi connectivity index (χ3v) is 13.6. The lowest BCUT2D eigenvalue weighted by molar-refractivity contribution is 0.487. The van der Waals surface area contributed by atoms with E-state index in [4.69, 9.17) is 4.74 Å². The van der Waals surface area contributed by atoms with Crippen LogP contribution in [-0.2, 0) is 5.41 Å². The van der Waals surface area contributed by atoms with E-state index in [1.807, 2.05) is 11.3 Å². The van der Waals surface area contributed by atoms with Crippen molar-refractivity contribution >= 4 is 59.3 Å². The monoisotopic (exact) mass is 759 g/mol. The predicted octanol–water partition coefficient (Wildman–Crippen LogP) is 16.1. The van der Waals surface area contributed by atoms with Crippen molar-refractivity contribution < 1.29 is 4.74 Å². The lowest BCUT2D eigenvalue weighted by atomic mass is 9.81. The fraction of sp³-hybridized carbons (Fsp3) is 0.0545. The van der Waals surface area contributed by atoms with Crippen molar-refractivity contribution in [3.63, 3.8) is 0 Å². The molecule has 1 aromatic heterocycles. The van der Waals surface area contributed by atoms with E-state index in [0.717, 1.165) is 39.3 Å². The van der Waals surface area contributed by atoms with Gasteiger partial charge in [-0.05, 0) is 110 Å². The lowest BCUT2D eigenvalue weighted by Crippen LogP contribution is -2.20. The normalized spacial score (nSPS) is 13.3. The van der Waals surface area contributed by atoms with E-state index in [1.54, 1.807) is 0 Å². The van der Waals surface area contributed by atoms with Crippen LogP contribution < -0.4 is 9.64 Å². The van der Waals surface area contributed by atoms with Gasteiger partial charge in [-0.1, -0.05) is 147 Å². The SMILES string of the molecule is CC1(C)c2ccccc2-c2cccc(N(c3cccc(-c4ccc5c(c4)Oc4ccc(-c6ccccc6)c6cccc-5c46)c3)c3cccc4sc5ccccc5c34)c21. The summed E-state index contributed by atoms with van der Waals surface area (Å²) in [6, 6.07) is 68.7. The Bertz CT molecular complexity index is 3300. The van der Waals surface area contributed by atoms with Gasteiger partial charge in [0.1, 0.15) is 11.5 Å². The molecule has 0 saturated heterocycles. The molecule has 0 spiro atoms. The second-order valence-electron chi connectivity index (χ2n) is 16.0. The summed E-state index contributed by atoms with van der Waals surface area (Å²) in [6.45, 7) is 4.76. The molecular weight excluding hydrogens is 723 g/mol. The third kappa shape index (κ3) is 4.84. The Morgan fingerprint density at radius 3 is 2.03 bits per heavy atom. The number of thiophene rings is 1. The molecule has 0 bridgehead atoms. The Hall–Kier alpha value is -6.94. The molecule has 274 valence electrons. The highest BCUT2D eigenvalue weighted by Gasteiger charge is 2.39. The number of nitrogens with zero attached hydrogens (tertiary/aromatic N) is 1. The molecule has 0 atom stereocenters. The van der Waals surface area contributed by atoms with Gasteiger partial charge < -0.3 is 9.64 Å². The first-order valence-electron chi connectivity index (χ1n) is 20.0. The van der Waals surface area contributed by atoms with Crippen LogP contribution in [0.5, 0.6) is 11.5 Å². The summed E-state index contributed by atoms with van der Waals surface area (Å²) in [5, 5.41) is 4.94. The van der Waals surface area contributed by atoms with Crippen molar-refractivity contribution in [1.29, 1.82) is 0 Å². The van der Waals surface area contributed by atoms with E-state index < -0.39 is 0 Å². The lowest BCUT2D eigenvalue weighted by Gasteiger charge is -2.33. The molecule has 2 heterocycles. The number of hydrogen-bond donors (Lipinski definition) is 0. The molecular formula is C55H37NOS. The number of anilines is 3. The first-order valence-corrected chi connectivity index (χ1v) is 20.8. The highest BCUT2D eigenvalue weighted by Crippen LogP contribution is 2.56. The van der Waals surface area contributed by atoms with Crippen LogP contribution >= 0.6 is 11.3 Å². The molecule has 2 aliphatic rings. The van der Waals surface area contributed by atoms with Gasteiger partial charge in [-0.25, -0.2) is 0 Å². The summed E-state index contributed by atoms with van der Waals surface area (Å²) in [6.07, 6.45) is 0. The van der Waals surface area contributed by atoms with Crippen molar-refractivity contribution in [2.75, 3.05) is 4.90 Å². The van der Waals surface area contributed by atoms with Gasteiger partial charge in [0.25, 0.3) is 0 Å². The number of rotatable bonds is 5. The zero-order valence-electron chi connectivity index (χ0n) is 32.2. The predicted molar refractivity (Wildman–Crippen MR) is 245 cm³/mol. The van der Waals surface area contributed by atoms with Crippen molar-refractivity contribution in [3.05, 3.63) is 199 Å². The van der Waals surface area contributed by atoms with Crippen molar-refractivity contribution in [2.24, 2.45) is 0 Å². The highest BCUT2D eigenvalue weighted by atomic mass is 32.1. The fourth-order valence-electron chi connectivity index (χ4n) is 9.86. The minimum Gasteiger partial charge on any atom is -0.456 e. The Balaban J connectivity index is 1.03. The minimum atomic E-state index is -0.195. The molecule has 1 aliphatic carbocycles. The van der Waals surface area contributed by atoms with Gasteiger partial charge in [-0.15, -0.1) is 11.3 Å². The molecule has 0 unspecified atom stereocenters. The van der Waals surface area contributed by atoms with Crippen LogP contribution in [0.4, 0.5) is 17.1 Å². The van der Waals surface area contributed by atoms with Crippen LogP contribution in [0.2, 0.25) is 0 Å². The molecule has 0 fully saturated rings. The van der Waals surface area contributed by atoms with Crippen LogP contribution in [-0.4, -0.2) is 0 Å². The number of hydrogen-bond acceptors (Lipinski definition) is 3. The molecule has 0 radical (unpaired) electrons. The number of benzene rings is 9. The van der Waals surface area contributed by atoms with Crippen molar-refractivity contribution in [3.8, 4) is 56.0 Å². The Morgan fingerprint density at radius 1 is 0.431 bits per heavy atom. The Labute approximate surface area is 341 Å². The fourth-order valence-corrected chi connectivity index (χ4v) is 11.0. The van der Waals surface area contributed by atoms with Gasteiger partial charge in [0, 0.05) is 42.2 Å². The molecule has 1 aliphatic heterocycles. The average Bonchev–Trinajstić information content (AvgIpc) is 3.77. The molecule has 2 nitrogen and oxygen atoms in total. The highest BCUT2D eigenvalue weighted by molar-refractivity contribution is 7.26. The number of ether oxygens (including phenoxy) is 1. The minimum absolute atomic E-state index is 0.195. The second-order valence-corrected chi connectivity index (χ2v) is 17.1. The summed E-state index contributed by atoms with van der Waals surface area (Å²) in [4.78, 5) is 2.52. The average molecular weight is 760 g/mol. The summed E-state index contributed by atoms with van der Waals surface area (Å²) < 4.78 is 9.38. The molecule has 0 saturated carbocycles. The van der Waals surface area contributed by atoms with E-state index in [9.17, 15) is 0 Å². The summed E-state index contributed by atoms with van der Waals surface area (Å²) >= 11 is 1.86. The standard InChI is InChI=1S/C55H37NOS/c1-55(2)45-23-8-6-18-39(45)43-22-12-25-47(54(43)55)56(46-24-13-27-51-53(46)44-19-7-9-26-50(44)58-51)37-17-10-16-35(32-37)36-28-29-40-42-21-11-20-41-38(34-14-4-3-5-15-34)30-31-48(52(41)42)57-49(40)33-36/h3-33H,1-2H3. The van der Waals surface area contributed by atoms with E-state index in [-0.39, 0.29) is 5.41 Å². The van der Waals surface area contributed by atoms with Gasteiger partial charge in [-0.2, -0.15) is 0 Å². The maximum Gasteiger partial charge on any atom is 0.135 e. The molecule has 0 amide bonds. The van der Waals surface area contributed by atoms with Gasteiger partial charge >= 0.3 is 0 Å². The largest absolute Gasteiger partial charge is 0.456 e. The van der Waals surface area contributed by atoms with Crippen LogP contribution in [0.25, 0.3) is 75.5 Å². The zero-order valence-corrected chi connectivity index (χ0v) is 33.0. The molecule has 58 heavy (non-hydrogen) atoms. The van der Waals surface area contributed by atoms with Crippen molar-refractivity contribution in [1.82, 2.24) is 0 Å². The van der Waals surface area contributed by atoms with Gasteiger partial charge in [-0.3, -0.25) is 0 Å². The summed E-state index contributed by atoms with van der Waals surface area (Å²) in [7, 11) is 0. The Kier molecular flexibility index (Phi) is 7.18. The quantitative estimate of drug-likeness (QED) is 0.173. The smallest absolute Gasteiger partial charge is 0.135 e. The molecule has 10 aromatic rings. The molecule has 12 rings (SSSR count). The van der Waals surface area contributed by atoms with Gasteiger partial charge in [0.05, 0.1) is 11.4 Å². The van der Waals surface area contributed by atoms with E-state index in [1.165, 1.54) is 75.9 Å². The van der Waals surface area contributed by atoms with E-state index in [0.29, 0.717) is 0 Å². The molecule has 0 N–H and O–H groups in total. The summed E-state index contributed by atoms with van der Waals surface area (Å²) in [5.41, 5.74) is 15.6. The number of fused-ring (bicyclic) bond motifs is 8. The first kappa shape index (κ1) is 33.2. The van der Waals surface area contributed by atoms with Gasteiger partial charge in [0.2, 0.25) is 0 Å². The van der Waals surface area contributed by atoms with E-state index in [2.05, 4.69) is 207 Å². The van der Waals surface area contributed by atoms with Crippen LogP contribution in [0.3, 0.4) is 0 Å². The maximum atomic E-state index is 6.79. The second kappa shape index (κ2) is 12.5. The van der Waals surface area contributed by atoms with E-state index >= 15 is 0 Å². The molecule has 3 heteroatoms. The molecule has 9 aromatic carbocycles. The third-order valence-electron chi connectivity index (χ3n) is 12.4. The van der Waals surface area contributed by atoms with Gasteiger partial charge in [0.15, 0.2) is 0 Å². The Morgan fingerprint density at radius 2 is 1.10 bits per heavy atom. The maximum absolute atomic E-state index is 6.79. The zero-order chi connectivity index (χ0) is 38.5. The van der Waals surface area contributed by atoms with Crippen LogP contribution in [0, 0.1) is 0 Å². The summed E-state index contributed by atoms with van der Waals surface area (Å²) in [5.74, 6) is 1.77. The van der Waals surface area contributed by atoms with Crippen LogP contribution in [0.1, 0.15) is 25.0 Å². The first-order chi connectivity index (χ1) is 28.5. The topological polar surface area (TPSA) is 12.5 Å².